The lowest BCUT2D eigenvalue weighted by Gasteiger charge is -2.14. The van der Waals surface area contributed by atoms with E-state index in [2.05, 4.69) is 20.6 Å². The highest BCUT2D eigenvalue weighted by Crippen LogP contribution is 2.28. The molecule has 0 aliphatic carbocycles. The molecule has 6 heteroatoms. The van der Waals surface area contributed by atoms with Gasteiger partial charge in [-0.3, -0.25) is 9.59 Å². The largest absolute Gasteiger partial charge is 0.353 e. The number of rotatable bonds is 4. The Kier molecular flexibility index (Phi) is 4.37. The quantitative estimate of drug-likeness (QED) is 0.517. The summed E-state index contributed by atoms with van der Waals surface area (Å²) in [6, 6.07) is 21.5. The summed E-state index contributed by atoms with van der Waals surface area (Å²) >= 11 is 0. The van der Waals surface area contributed by atoms with E-state index in [1.165, 1.54) is 6.07 Å². The van der Waals surface area contributed by atoms with Gasteiger partial charge >= 0.3 is 0 Å². The number of hydrogen-bond acceptors (Lipinski definition) is 4. The van der Waals surface area contributed by atoms with Crippen LogP contribution in [0.25, 0.3) is 11.0 Å². The molecule has 2 heterocycles. The second kappa shape index (κ2) is 7.13. The van der Waals surface area contributed by atoms with Crippen molar-refractivity contribution in [2.24, 2.45) is 0 Å². The first-order valence-electron chi connectivity index (χ1n) is 8.41. The number of amides is 1. The lowest BCUT2D eigenvalue weighted by molar-refractivity contribution is 0.102. The number of H-pyrrole nitrogens is 1. The molecule has 0 aliphatic rings. The Morgan fingerprint density at radius 3 is 2.37 bits per heavy atom. The number of nitrogens with zero attached hydrogens (tertiary/aromatic N) is 1. The summed E-state index contributed by atoms with van der Waals surface area (Å²) in [6.07, 6.45) is 1.62. The van der Waals surface area contributed by atoms with Gasteiger partial charge in [0.05, 0.1) is 17.1 Å². The Morgan fingerprint density at radius 1 is 0.815 bits per heavy atom. The SMILES string of the molecule is O=C(Nc1ccccc1Nc1ccnc2[nH]c(=O)ccc12)c1ccccc1. The van der Waals surface area contributed by atoms with Gasteiger partial charge in [-0.05, 0) is 36.4 Å². The van der Waals surface area contributed by atoms with Gasteiger partial charge in [0.25, 0.3) is 5.91 Å². The molecular weight excluding hydrogens is 340 g/mol. The zero-order valence-electron chi connectivity index (χ0n) is 14.3. The van der Waals surface area contributed by atoms with Crippen LogP contribution in [-0.4, -0.2) is 15.9 Å². The van der Waals surface area contributed by atoms with Crippen LogP contribution in [0.3, 0.4) is 0 Å². The van der Waals surface area contributed by atoms with Crippen molar-refractivity contribution in [3.63, 3.8) is 0 Å². The van der Waals surface area contributed by atoms with E-state index < -0.39 is 0 Å². The van der Waals surface area contributed by atoms with Crippen LogP contribution in [0.15, 0.2) is 83.8 Å². The van der Waals surface area contributed by atoms with Gasteiger partial charge in [0.1, 0.15) is 5.65 Å². The summed E-state index contributed by atoms with van der Waals surface area (Å²) in [5.41, 5.74) is 3.04. The molecule has 132 valence electrons. The number of anilines is 3. The second-order valence-corrected chi connectivity index (χ2v) is 5.93. The Hall–Kier alpha value is -3.93. The van der Waals surface area contributed by atoms with Gasteiger partial charge in [-0.2, -0.15) is 0 Å². The molecule has 3 N–H and O–H groups in total. The zero-order valence-corrected chi connectivity index (χ0v) is 14.3. The lowest BCUT2D eigenvalue weighted by Crippen LogP contribution is -2.13. The number of fused-ring (bicyclic) bond motifs is 1. The summed E-state index contributed by atoms with van der Waals surface area (Å²) < 4.78 is 0. The predicted molar refractivity (Wildman–Crippen MR) is 106 cm³/mol. The third-order valence-electron chi connectivity index (χ3n) is 4.11. The first-order chi connectivity index (χ1) is 13.2. The summed E-state index contributed by atoms with van der Waals surface area (Å²) in [6.45, 7) is 0. The maximum atomic E-state index is 12.5. The first kappa shape index (κ1) is 16.5. The van der Waals surface area contributed by atoms with Crippen LogP contribution in [0, 0.1) is 0 Å². The minimum Gasteiger partial charge on any atom is -0.353 e. The van der Waals surface area contributed by atoms with E-state index in [0.29, 0.717) is 16.9 Å². The molecule has 1 amide bonds. The number of pyridine rings is 2. The van der Waals surface area contributed by atoms with E-state index in [1.54, 1.807) is 24.4 Å². The van der Waals surface area contributed by atoms with Gasteiger partial charge in [0, 0.05) is 23.2 Å². The van der Waals surface area contributed by atoms with E-state index >= 15 is 0 Å². The second-order valence-electron chi connectivity index (χ2n) is 5.93. The molecule has 4 rings (SSSR count). The molecule has 0 unspecified atom stereocenters. The molecule has 2 aromatic heterocycles. The molecule has 6 nitrogen and oxygen atoms in total. The van der Waals surface area contributed by atoms with Crippen LogP contribution in [0.5, 0.6) is 0 Å². The molecule has 0 radical (unpaired) electrons. The fourth-order valence-electron chi connectivity index (χ4n) is 2.80. The van der Waals surface area contributed by atoms with E-state index in [0.717, 1.165) is 16.8 Å². The van der Waals surface area contributed by atoms with Gasteiger partial charge in [-0.1, -0.05) is 30.3 Å². The molecule has 0 fully saturated rings. The maximum absolute atomic E-state index is 12.5. The smallest absolute Gasteiger partial charge is 0.255 e. The average molecular weight is 356 g/mol. The molecule has 27 heavy (non-hydrogen) atoms. The number of aromatic nitrogens is 2. The van der Waals surface area contributed by atoms with Crippen LogP contribution in [-0.2, 0) is 0 Å². The highest BCUT2D eigenvalue weighted by molar-refractivity contribution is 6.06. The third-order valence-corrected chi connectivity index (χ3v) is 4.11. The number of para-hydroxylation sites is 2. The molecule has 0 spiro atoms. The maximum Gasteiger partial charge on any atom is 0.255 e. The number of carbonyl (C=O) groups excluding carboxylic acids is 1. The normalized spacial score (nSPS) is 10.5. The predicted octanol–water partition coefficient (Wildman–Crippen LogP) is 3.92. The molecule has 4 aromatic rings. The Morgan fingerprint density at radius 2 is 1.56 bits per heavy atom. The molecule has 0 aliphatic heterocycles. The summed E-state index contributed by atoms with van der Waals surface area (Å²) in [5.74, 6) is -0.186. The average Bonchev–Trinajstić information content (AvgIpc) is 2.70. The summed E-state index contributed by atoms with van der Waals surface area (Å²) in [5, 5.41) is 7.02. The molecule has 0 bridgehead atoms. The van der Waals surface area contributed by atoms with Crippen LogP contribution in [0.1, 0.15) is 10.4 Å². The standard InChI is InChI=1S/C21H16N4O2/c26-19-11-10-15-16(12-13-22-20(15)25-19)23-17-8-4-5-9-18(17)24-21(27)14-6-2-1-3-7-14/h1-13H,(H,24,27)(H2,22,23,25,26). The monoisotopic (exact) mass is 356 g/mol. The summed E-state index contributed by atoms with van der Waals surface area (Å²) in [4.78, 5) is 30.9. The highest BCUT2D eigenvalue weighted by atomic mass is 16.1. The van der Waals surface area contributed by atoms with E-state index in [1.807, 2.05) is 48.5 Å². The highest BCUT2D eigenvalue weighted by Gasteiger charge is 2.10. The molecule has 0 saturated carbocycles. The number of hydrogen-bond donors (Lipinski definition) is 3. The Balaban J connectivity index is 1.66. The Labute approximate surface area is 154 Å². The van der Waals surface area contributed by atoms with Crippen molar-refractivity contribution in [3.05, 3.63) is 94.9 Å². The Bertz CT molecular complexity index is 1170. The number of nitrogens with one attached hydrogen (secondary N) is 3. The third kappa shape index (κ3) is 3.55. The van der Waals surface area contributed by atoms with Gasteiger partial charge in [0.2, 0.25) is 5.56 Å². The molecular formula is C21H16N4O2. The topological polar surface area (TPSA) is 86.9 Å². The van der Waals surface area contributed by atoms with Crippen LogP contribution in [0.2, 0.25) is 0 Å². The summed E-state index contributed by atoms with van der Waals surface area (Å²) in [7, 11) is 0. The van der Waals surface area contributed by atoms with Crippen molar-refractivity contribution in [3.8, 4) is 0 Å². The fraction of sp³-hybridized carbons (Fsp3) is 0. The van der Waals surface area contributed by atoms with Crippen molar-refractivity contribution in [1.29, 1.82) is 0 Å². The van der Waals surface area contributed by atoms with Crippen molar-refractivity contribution in [2.45, 2.75) is 0 Å². The van der Waals surface area contributed by atoms with Crippen molar-refractivity contribution in [1.82, 2.24) is 9.97 Å². The van der Waals surface area contributed by atoms with Crippen LogP contribution >= 0.6 is 0 Å². The van der Waals surface area contributed by atoms with Gasteiger partial charge < -0.3 is 15.6 Å². The van der Waals surface area contributed by atoms with Crippen LogP contribution in [0.4, 0.5) is 17.1 Å². The van der Waals surface area contributed by atoms with E-state index in [4.69, 9.17) is 0 Å². The van der Waals surface area contributed by atoms with Gasteiger partial charge in [-0.15, -0.1) is 0 Å². The first-order valence-corrected chi connectivity index (χ1v) is 8.41. The van der Waals surface area contributed by atoms with E-state index in [9.17, 15) is 9.59 Å². The van der Waals surface area contributed by atoms with Crippen molar-refractivity contribution < 1.29 is 4.79 Å². The fourth-order valence-corrected chi connectivity index (χ4v) is 2.80. The minimum absolute atomic E-state index is 0.186. The van der Waals surface area contributed by atoms with Crippen molar-refractivity contribution in [2.75, 3.05) is 10.6 Å². The number of aromatic amines is 1. The lowest BCUT2D eigenvalue weighted by atomic mass is 10.2. The van der Waals surface area contributed by atoms with Crippen molar-refractivity contribution >= 4 is 34.0 Å². The van der Waals surface area contributed by atoms with Gasteiger partial charge in [-0.25, -0.2) is 4.98 Å². The number of benzene rings is 2. The molecule has 0 atom stereocenters. The van der Waals surface area contributed by atoms with E-state index in [-0.39, 0.29) is 11.5 Å². The molecule has 2 aromatic carbocycles. The zero-order chi connectivity index (χ0) is 18.6. The molecule has 0 saturated heterocycles. The van der Waals surface area contributed by atoms with Crippen LogP contribution < -0.4 is 16.2 Å². The number of carbonyl (C=O) groups is 1. The van der Waals surface area contributed by atoms with Gasteiger partial charge in [0.15, 0.2) is 0 Å². The minimum atomic E-state index is -0.206.